The third-order valence-electron chi connectivity index (χ3n) is 2.27. The average molecular weight is 208 g/mol. The molecule has 74 valence electrons. The summed E-state index contributed by atoms with van der Waals surface area (Å²) >= 11 is 1.50. The maximum Gasteiger partial charge on any atom is 0.188 e. The molecule has 1 unspecified atom stereocenters. The lowest BCUT2D eigenvalue weighted by molar-refractivity contribution is -0.116. The molecule has 1 atom stereocenters. The zero-order valence-electron chi connectivity index (χ0n) is 8.06. The minimum atomic E-state index is 0.0943. The first kappa shape index (κ1) is 9.65. The summed E-state index contributed by atoms with van der Waals surface area (Å²) in [4.78, 5) is 19.8. The highest BCUT2D eigenvalue weighted by Gasteiger charge is 2.26. The Morgan fingerprint density at radius 2 is 2.43 bits per heavy atom. The van der Waals surface area contributed by atoms with E-state index in [1.165, 1.54) is 11.8 Å². The lowest BCUT2D eigenvalue weighted by Gasteiger charge is -2.05. The number of hydrogen-bond donors (Lipinski definition) is 0. The largest absolute Gasteiger partial charge is 0.298 e. The minimum Gasteiger partial charge on any atom is -0.298 e. The molecule has 3 nitrogen and oxygen atoms in total. The molecule has 2 rings (SSSR count). The number of ketones is 1. The van der Waals surface area contributed by atoms with Crippen molar-refractivity contribution in [2.24, 2.45) is 0 Å². The van der Waals surface area contributed by atoms with E-state index in [0.717, 1.165) is 30.1 Å². The second-order valence-electron chi connectivity index (χ2n) is 3.45. The van der Waals surface area contributed by atoms with E-state index in [4.69, 9.17) is 0 Å². The molecule has 1 aromatic heterocycles. The molecule has 1 aliphatic carbocycles. The third kappa shape index (κ3) is 2.12. The van der Waals surface area contributed by atoms with Gasteiger partial charge in [0.15, 0.2) is 5.16 Å². The first-order valence-electron chi connectivity index (χ1n) is 4.75. The van der Waals surface area contributed by atoms with Crippen molar-refractivity contribution < 1.29 is 4.79 Å². The van der Waals surface area contributed by atoms with Crippen LogP contribution in [0.4, 0.5) is 0 Å². The third-order valence-corrected chi connectivity index (χ3v) is 3.46. The van der Waals surface area contributed by atoms with E-state index in [-0.39, 0.29) is 5.25 Å². The second kappa shape index (κ2) is 4.09. The smallest absolute Gasteiger partial charge is 0.188 e. The van der Waals surface area contributed by atoms with Gasteiger partial charge in [0, 0.05) is 18.3 Å². The number of carbonyl (C=O) groups is 1. The van der Waals surface area contributed by atoms with Crippen molar-refractivity contribution in [3.63, 3.8) is 0 Å². The normalized spacial score (nSPS) is 21.5. The van der Waals surface area contributed by atoms with Crippen LogP contribution in [0, 0.1) is 6.92 Å². The number of aromatic nitrogens is 2. The Balaban J connectivity index is 2.07. The predicted molar refractivity (Wildman–Crippen MR) is 55.3 cm³/mol. The van der Waals surface area contributed by atoms with Crippen LogP contribution in [-0.4, -0.2) is 21.0 Å². The molecular weight excluding hydrogens is 196 g/mol. The van der Waals surface area contributed by atoms with E-state index in [1.54, 1.807) is 6.20 Å². The molecule has 1 aromatic rings. The number of hydrogen-bond acceptors (Lipinski definition) is 4. The van der Waals surface area contributed by atoms with Crippen LogP contribution in [0.2, 0.25) is 0 Å². The maximum atomic E-state index is 11.4. The quantitative estimate of drug-likeness (QED) is 0.697. The highest BCUT2D eigenvalue weighted by molar-refractivity contribution is 8.00. The molecule has 0 aromatic carbocycles. The number of carbonyl (C=O) groups excluding carboxylic acids is 1. The summed E-state index contributed by atoms with van der Waals surface area (Å²) in [5.41, 5.74) is 0.952. The number of aryl methyl sites for hydroxylation is 1. The van der Waals surface area contributed by atoms with E-state index in [0.29, 0.717) is 5.78 Å². The van der Waals surface area contributed by atoms with E-state index in [9.17, 15) is 4.79 Å². The van der Waals surface area contributed by atoms with Crippen molar-refractivity contribution in [1.82, 2.24) is 9.97 Å². The monoisotopic (exact) mass is 208 g/mol. The summed E-state index contributed by atoms with van der Waals surface area (Å²) in [6.45, 7) is 1.93. The van der Waals surface area contributed by atoms with Crippen molar-refractivity contribution in [2.75, 3.05) is 0 Å². The standard InChI is InChI=1S/C10H12N2OS/c1-7-5-6-11-10(12-7)14-9-4-2-3-8(9)13/h5-6,9H,2-4H2,1H3. The van der Waals surface area contributed by atoms with Crippen LogP contribution in [0.15, 0.2) is 17.4 Å². The Morgan fingerprint density at radius 1 is 1.57 bits per heavy atom. The molecule has 1 saturated carbocycles. The molecule has 1 aliphatic rings. The summed E-state index contributed by atoms with van der Waals surface area (Å²) in [5.74, 6) is 0.347. The molecule has 1 fully saturated rings. The van der Waals surface area contributed by atoms with E-state index >= 15 is 0 Å². The zero-order chi connectivity index (χ0) is 9.97. The predicted octanol–water partition coefficient (Wildman–Crippen LogP) is 2.00. The Bertz CT molecular complexity index is 354. The van der Waals surface area contributed by atoms with Gasteiger partial charge in [-0.2, -0.15) is 0 Å². The summed E-state index contributed by atoms with van der Waals surface area (Å²) in [6, 6.07) is 1.86. The Morgan fingerprint density at radius 3 is 3.07 bits per heavy atom. The van der Waals surface area contributed by atoms with Crippen molar-refractivity contribution in [3.05, 3.63) is 18.0 Å². The van der Waals surface area contributed by atoms with Gasteiger partial charge in [0.05, 0.1) is 5.25 Å². The fourth-order valence-electron chi connectivity index (χ4n) is 1.52. The van der Waals surface area contributed by atoms with Crippen LogP contribution in [0.3, 0.4) is 0 Å². The van der Waals surface area contributed by atoms with Gasteiger partial charge in [0.25, 0.3) is 0 Å². The van der Waals surface area contributed by atoms with E-state index in [1.807, 2.05) is 13.0 Å². The molecule has 1 heterocycles. The first-order chi connectivity index (χ1) is 6.75. The second-order valence-corrected chi connectivity index (χ2v) is 4.62. The summed E-state index contributed by atoms with van der Waals surface area (Å²) < 4.78 is 0. The van der Waals surface area contributed by atoms with Gasteiger partial charge in [-0.05, 0) is 25.8 Å². The molecule has 0 amide bonds. The summed E-state index contributed by atoms with van der Waals surface area (Å²) in [7, 11) is 0. The van der Waals surface area contributed by atoms with Gasteiger partial charge < -0.3 is 0 Å². The van der Waals surface area contributed by atoms with Crippen molar-refractivity contribution in [2.45, 2.75) is 36.6 Å². The fourth-order valence-corrected chi connectivity index (χ4v) is 2.62. The van der Waals surface area contributed by atoms with Crippen molar-refractivity contribution >= 4 is 17.5 Å². The first-order valence-corrected chi connectivity index (χ1v) is 5.63. The molecule has 0 spiro atoms. The molecular formula is C10H12N2OS. The number of thioether (sulfide) groups is 1. The van der Waals surface area contributed by atoms with Gasteiger partial charge in [-0.1, -0.05) is 11.8 Å². The van der Waals surface area contributed by atoms with E-state index < -0.39 is 0 Å². The fraction of sp³-hybridized carbons (Fsp3) is 0.500. The SMILES string of the molecule is Cc1ccnc(SC2CCCC2=O)n1. The van der Waals surface area contributed by atoms with Gasteiger partial charge in [0.2, 0.25) is 0 Å². The van der Waals surface area contributed by atoms with Crippen LogP contribution in [0.25, 0.3) is 0 Å². The molecule has 14 heavy (non-hydrogen) atoms. The Labute approximate surface area is 87.3 Å². The molecule has 0 radical (unpaired) electrons. The lowest BCUT2D eigenvalue weighted by atomic mass is 10.3. The topological polar surface area (TPSA) is 42.9 Å². The number of Topliss-reactive ketones (excluding diaryl/α,β-unsaturated/α-hetero) is 1. The van der Waals surface area contributed by atoms with Gasteiger partial charge >= 0.3 is 0 Å². The highest BCUT2D eigenvalue weighted by Crippen LogP contribution is 2.30. The summed E-state index contributed by atoms with van der Waals surface area (Å²) in [6.07, 6.45) is 4.46. The van der Waals surface area contributed by atoms with Gasteiger partial charge in [0.1, 0.15) is 5.78 Å². The van der Waals surface area contributed by atoms with Crippen LogP contribution in [-0.2, 0) is 4.79 Å². The summed E-state index contributed by atoms with van der Waals surface area (Å²) in [5, 5.41) is 0.821. The molecule has 4 heteroatoms. The molecule has 0 aliphatic heterocycles. The Kier molecular flexibility index (Phi) is 2.82. The number of nitrogens with zero attached hydrogens (tertiary/aromatic N) is 2. The van der Waals surface area contributed by atoms with E-state index in [2.05, 4.69) is 9.97 Å². The Hall–Kier alpha value is -0.900. The van der Waals surface area contributed by atoms with Crippen LogP contribution in [0.5, 0.6) is 0 Å². The van der Waals surface area contributed by atoms with Crippen LogP contribution >= 0.6 is 11.8 Å². The lowest BCUT2D eigenvalue weighted by Crippen LogP contribution is -2.08. The minimum absolute atomic E-state index is 0.0943. The van der Waals surface area contributed by atoms with Crippen molar-refractivity contribution in [1.29, 1.82) is 0 Å². The molecule has 0 bridgehead atoms. The van der Waals surface area contributed by atoms with Gasteiger partial charge in [-0.25, -0.2) is 9.97 Å². The van der Waals surface area contributed by atoms with Crippen molar-refractivity contribution in [3.8, 4) is 0 Å². The average Bonchev–Trinajstić information content (AvgIpc) is 2.52. The maximum absolute atomic E-state index is 11.4. The van der Waals surface area contributed by atoms with Crippen LogP contribution < -0.4 is 0 Å². The highest BCUT2D eigenvalue weighted by atomic mass is 32.2. The molecule has 0 N–H and O–H groups in total. The zero-order valence-corrected chi connectivity index (χ0v) is 8.88. The number of rotatable bonds is 2. The molecule has 0 saturated heterocycles. The van der Waals surface area contributed by atoms with Gasteiger partial charge in [-0.3, -0.25) is 4.79 Å². The van der Waals surface area contributed by atoms with Gasteiger partial charge in [-0.15, -0.1) is 0 Å². The van der Waals surface area contributed by atoms with Crippen LogP contribution in [0.1, 0.15) is 25.0 Å².